The third-order valence-corrected chi connectivity index (χ3v) is 2.09. The molecule has 0 spiro atoms. The highest BCUT2D eigenvalue weighted by Crippen LogP contribution is 2.20. The van der Waals surface area contributed by atoms with Crippen molar-refractivity contribution in [3.8, 4) is 0 Å². The van der Waals surface area contributed by atoms with E-state index in [1.165, 1.54) is 38.5 Å². The smallest absolute Gasteiger partial charge is 0.00742 e. The highest BCUT2D eigenvalue weighted by atomic mass is 14.5. The molecule has 1 nitrogen and oxygen atoms in total. The van der Waals surface area contributed by atoms with Crippen LogP contribution in [-0.4, -0.2) is 6.54 Å². The lowest BCUT2D eigenvalue weighted by atomic mass is 9.96. The number of rotatable bonds is 3. The summed E-state index contributed by atoms with van der Waals surface area (Å²) in [5.41, 5.74) is 7.07. The molecule has 0 saturated carbocycles. The van der Waals surface area contributed by atoms with Gasteiger partial charge in [0.25, 0.3) is 0 Å². The quantitative estimate of drug-likeness (QED) is 0.596. The molecule has 1 aliphatic carbocycles. The molecule has 0 saturated heterocycles. The highest BCUT2D eigenvalue weighted by Gasteiger charge is 2.01. The Hall–Kier alpha value is -0.300. The van der Waals surface area contributed by atoms with Crippen LogP contribution in [-0.2, 0) is 0 Å². The molecule has 10 heavy (non-hydrogen) atoms. The molecule has 0 radical (unpaired) electrons. The molecule has 0 unspecified atom stereocenters. The summed E-state index contributed by atoms with van der Waals surface area (Å²) in [6, 6.07) is 0. The largest absolute Gasteiger partial charge is 0.330 e. The standard InChI is InChI=1S/C9H17N/c10-8-4-7-9-5-2-1-3-6-9/h5H,1-4,6-8,10H2. The van der Waals surface area contributed by atoms with Gasteiger partial charge in [-0.05, 0) is 45.1 Å². The molecule has 0 atom stereocenters. The summed E-state index contributed by atoms with van der Waals surface area (Å²) in [5.74, 6) is 0. The van der Waals surface area contributed by atoms with Crippen molar-refractivity contribution >= 4 is 0 Å². The van der Waals surface area contributed by atoms with Gasteiger partial charge in [-0.25, -0.2) is 0 Å². The minimum atomic E-state index is 0.845. The van der Waals surface area contributed by atoms with Gasteiger partial charge in [0, 0.05) is 0 Å². The maximum absolute atomic E-state index is 5.42. The van der Waals surface area contributed by atoms with E-state index in [9.17, 15) is 0 Å². The van der Waals surface area contributed by atoms with Crippen molar-refractivity contribution in [2.24, 2.45) is 5.73 Å². The van der Waals surface area contributed by atoms with Crippen molar-refractivity contribution in [1.29, 1.82) is 0 Å². The van der Waals surface area contributed by atoms with E-state index in [2.05, 4.69) is 6.08 Å². The molecule has 0 aromatic rings. The minimum Gasteiger partial charge on any atom is -0.330 e. The molecule has 1 rings (SSSR count). The molecule has 1 aliphatic rings. The number of allylic oxidation sites excluding steroid dienone is 2. The van der Waals surface area contributed by atoms with E-state index in [1.54, 1.807) is 5.57 Å². The lowest BCUT2D eigenvalue weighted by Crippen LogP contribution is -2.00. The van der Waals surface area contributed by atoms with Crippen LogP contribution in [0.2, 0.25) is 0 Å². The van der Waals surface area contributed by atoms with Crippen molar-refractivity contribution in [2.75, 3.05) is 6.54 Å². The van der Waals surface area contributed by atoms with E-state index in [0.717, 1.165) is 6.54 Å². The van der Waals surface area contributed by atoms with E-state index in [1.807, 2.05) is 0 Å². The molecule has 2 N–H and O–H groups in total. The molecule has 0 heterocycles. The zero-order valence-electron chi connectivity index (χ0n) is 6.60. The summed E-state index contributed by atoms with van der Waals surface area (Å²) < 4.78 is 0. The molecule has 1 heteroatoms. The van der Waals surface area contributed by atoms with E-state index >= 15 is 0 Å². The first-order valence-corrected chi connectivity index (χ1v) is 4.31. The zero-order valence-corrected chi connectivity index (χ0v) is 6.60. The van der Waals surface area contributed by atoms with Crippen molar-refractivity contribution in [3.63, 3.8) is 0 Å². The second kappa shape index (κ2) is 4.51. The molecule has 0 fully saturated rings. The zero-order chi connectivity index (χ0) is 7.23. The third kappa shape index (κ3) is 2.53. The van der Waals surface area contributed by atoms with Crippen LogP contribution < -0.4 is 5.73 Å². The Morgan fingerprint density at radius 2 is 2.30 bits per heavy atom. The topological polar surface area (TPSA) is 26.0 Å². The predicted octanol–water partition coefficient (Wildman–Crippen LogP) is 2.23. The van der Waals surface area contributed by atoms with E-state index in [4.69, 9.17) is 5.73 Å². The summed E-state index contributed by atoms with van der Waals surface area (Å²) in [5, 5.41) is 0. The van der Waals surface area contributed by atoms with E-state index < -0.39 is 0 Å². The van der Waals surface area contributed by atoms with Crippen LogP contribution in [0.4, 0.5) is 0 Å². The lowest BCUT2D eigenvalue weighted by molar-refractivity contribution is 0.662. The minimum absolute atomic E-state index is 0.845. The first kappa shape index (κ1) is 7.80. The van der Waals surface area contributed by atoms with Crippen LogP contribution in [0.25, 0.3) is 0 Å². The number of nitrogens with two attached hydrogens (primary N) is 1. The molecular formula is C9H17N. The SMILES string of the molecule is NCCCC1=CCCCC1. The fourth-order valence-corrected chi connectivity index (χ4v) is 1.46. The Balaban J connectivity index is 2.18. The van der Waals surface area contributed by atoms with Crippen molar-refractivity contribution in [3.05, 3.63) is 11.6 Å². The molecule has 0 amide bonds. The third-order valence-electron chi connectivity index (χ3n) is 2.09. The fraction of sp³-hybridized carbons (Fsp3) is 0.778. The lowest BCUT2D eigenvalue weighted by Gasteiger charge is -2.11. The van der Waals surface area contributed by atoms with Gasteiger partial charge in [0.2, 0.25) is 0 Å². The van der Waals surface area contributed by atoms with Gasteiger partial charge < -0.3 is 5.73 Å². The summed E-state index contributed by atoms with van der Waals surface area (Å²) >= 11 is 0. The molecule has 0 aromatic heterocycles. The van der Waals surface area contributed by atoms with Gasteiger partial charge in [-0.3, -0.25) is 0 Å². The Bertz CT molecular complexity index is 116. The van der Waals surface area contributed by atoms with Crippen LogP contribution in [0.1, 0.15) is 38.5 Å². The Morgan fingerprint density at radius 3 is 2.90 bits per heavy atom. The monoisotopic (exact) mass is 139 g/mol. The predicted molar refractivity (Wildman–Crippen MR) is 44.8 cm³/mol. The van der Waals surface area contributed by atoms with Crippen LogP contribution in [0.5, 0.6) is 0 Å². The van der Waals surface area contributed by atoms with Crippen LogP contribution in [0.3, 0.4) is 0 Å². The van der Waals surface area contributed by atoms with Gasteiger partial charge in [-0.2, -0.15) is 0 Å². The van der Waals surface area contributed by atoms with Gasteiger partial charge in [0.15, 0.2) is 0 Å². The van der Waals surface area contributed by atoms with E-state index in [-0.39, 0.29) is 0 Å². The van der Waals surface area contributed by atoms with Crippen LogP contribution >= 0.6 is 0 Å². The van der Waals surface area contributed by atoms with Crippen LogP contribution in [0, 0.1) is 0 Å². The first-order valence-electron chi connectivity index (χ1n) is 4.31. The Morgan fingerprint density at radius 1 is 1.40 bits per heavy atom. The van der Waals surface area contributed by atoms with Gasteiger partial charge in [-0.15, -0.1) is 0 Å². The molecule has 0 bridgehead atoms. The highest BCUT2D eigenvalue weighted by molar-refractivity contribution is 5.04. The van der Waals surface area contributed by atoms with Gasteiger partial charge in [-0.1, -0.05) is 11.6 Å². The average molecular weight is 139 g/mol. The fourth-order valence-electron chi connectivity index (χ4n) is 1.46. The maximum atomic E-state index is 5.42. The van der Waals surface area contributed by atoms with E-state index in [0.29, 0.717) is 0 Å². The van der Waals surface area contributed by atoms with Gasteiger partial charge in [0.05, 0.1) is 0 Å². The van der Waals surface area contributed by atoms with Crippen molar-refractivity contribution in [1.82, 2.24) is 0 Å². The number of hydrogen-bond acceptors (Lipinski definition) is 1. The first-order chi connectivity index (χ1) is 4.93. The van der Waals surface area contributed by atoms with Crippen molar-refractivity contribution < 1.29 is 0 Å². The molecule has 0 aromatic carbocycles. The summed E-state index contributed by atoms with van der Waals surface area (Å²) in [6.07, 6.45) is 10.3. The second-order valence-corrected chi connectivity index (χ2v) is 3.00. The Kier molecular flexibility index (Phi) is 3.52. The average Bonchev–Trinajstić information content (AvgIpc) is 2.03. The van der Waals surface area contributed by atoms with Crippen LogP contribution in [0.15, 0.2) is 11.6 Å². The molecule has 0 aliphatic heterocycles. The summed E-state index contributed by atoms with van der Waals surface area (Å²) in [7, 11) is 0. The molecule has 58 valence electrons. The maximum Gasteiger partial charge on any atom is -0.00742 e. The second-order valence-electron chi connectivity index (χ2n) is 3.00. The molecular weight excluding hydrogens is 122 g/mol. The normalized spacial score (nSPS) is 18.7. The number of hydrogen-bond donors (Lipinski definition) is 1. The summed E-state index contributed by atoms with van der Waals surface area (Å²) in [6.45, 7) is 0.845. The summed E-state index contributed by atoms with van der Waals surface area (Å²) in [4.78, 5) is 0. The van der Waals surface area contributed by atoms with Gasteiger partial charge in [0.1, 0.15) is 0 Å². The van der Waals surface area contributed by atoms with Crippen molar-refractivity contribution in [2.45, 2.75) is 38.5 Å². The van der Waals surface area contributed by atoms with Gasteiger partial charge >= 0.3 is 0 Å². The Labute approximate surface area is 63.3 Å².